The maximum absolute atomic E-state index is 12.3. The molecule has 1 fully saturated rings. The van der Waals surface area contributed by atoms with E-state index in [0.717, 1.165) is 0 Å². The average molecular weight is 392 g/mol. The molecule has 0 radical (unpaired) electrons. The molecule has 1 aliphatic rings. The zero-order valence-electron chi connectivity index (χ0n) is 12.4. The summed E-state index contributed by atoms with van der Waals surface area (Å²) in [7, 11) is -1.53. The van der Waals surface area contributed by atoms with Gasteiger partial charge in [-0.05, 0) is 41.4 Å². The minimum Gasteiger partial charge on any atom is -0.493 e. The van der Waals surface area contributed by atoms with Gasteiger partial charge in [0.2, 0.25) is 0 Å². The molecule has 1 amide bonds. The number of carbonyl (C=O) groups excluding carboxylic acids is 1. The van der Waals surface area contributed by atoms with E-state index in [2.05, 4.69) is 21.2 Å². The Morgan fingerprint density at radius 3 is 2.73 bits per heavy atom. The topological polar surface area (TPSA) is 81.7 Å². The van der Waals surface area contributed by atoms with E-state index in [4.69, 9.17) is 9.47 Å². The van der Waals surface area contributed by atoms with E-state index >= 15 is 0 Å². The average Bonchev–Trinajstić information content (AvgIpc) is 2.79. The highest BCUT2D eigenvalue weighted by Gasteiger charge is 2.29. The molecule has 1 aliphatic heterocycles. The third-order valence-corrected chi connectivity index (χ3v) is 5.70. The Bertz CT molecular complexity index is 674. The summed E-state index contributed by atoms with van der Waals surface area (Å²) >= 11 is 3.36. The summed E-state index contributed by atoms with van der Waals surface area (Å²) in [6.45, 7) is 2.33. The summed E-state index contributed by atoms with van der Waals surface area (Å²) in [6.07, 6.45) is 0.448. The smallest absolute Gasteiger partial charge is 0.251 e. The first-order valence-corrected chi connectivity index (χ1v) is 9.49. The number of halogens is 1. The van der Waals surface area contributed by atoms with Crippen LogP contribution in [0.15, 0.2) is 16.6 Å². The molecule has 6 nitrogen and oxygen atoms in total. The van der Waals surface area contributed by atoms with Gasteiger partial charge in [0.1, 0.15) is 0 Å². The van der Waals surface area contributed by atoms with E-state index in [0.29, 0.717) is 34.6 Å². The Morgan fingerprint density at radius 1 is 1.45 bits per heavy atom. The van der Waals surface area contributed by atoms with Gasteiger partial charge in [0.25, 0.3) is 5.91 Å². The first kappa shape index (κ1) is 17.1. The zero-order valence-corrected chi connectivity index (χ0v) is 14.8. The third kappa shape index (κ3) is 3.92. The van der Waals surface area contributed by atoms with Gasteiger partial charge in [-0.25, -0.2) is 8.42 Å². The van der Waals surface area contributed by atoms with E-state index < -0.39 is 9.84 Å². The predicted octanol–water partition coefficient (Wildman–Crippen LogP) is 1.77. The maximum atomic E-state index is 12.3. The van der Waals surface area contributed by atoms with Crippen LogP contribution in [0.4, 0.5) is 0 Å². The van der Waals surface area contributed by atoms with Crippen LogP contribution >= 0.6 is 15.9 Å². The van der Waals surface area contributed by atoms with Gasteiger partial charge < -0.3 is 14.8 Å². The lowest BCUT2D eigenvalue weighted by molar-refractivity contribution is 0.0940. The van der Waals surface area contributed by atoms with Crippen molar-refractivity contribution in [3.8, 4) is 11.5 Å². The summed E-state index contributed by atoms with van der Waals surface area (Å²) in [5.41, 5.74) is 0.386. The van der Waals surface area contributed by atoms with Crippen molar-refractivity contribution in [1.29, 1.82) is 0 Å². The van der Waals surface area contributed by atoms with E-state index in [-0.39, 0.29) is 23.5 Å². The molecule has 22 heavy (non-hydrogen) atoms. The number of amides is 1. The van der Waals surface area contributed by atoms with Crippen LogP contribution in [0.25, 0.3) is 0 Å². The number of benzene rings is 1. The second kappa shape index (κ2) is 6.87. The number of hydrogen-bond acceptors (Lipinski definition) is 5. The molecule has 2 rings (SSSR count). The first-order chi connectivity index (χ1) is 10.4. The molecule has 0 spiro atoms. The fraction of sp³-hybridized carbons (Fsp3) is 0.500. The number of sulfone groups is 1. The molecule has 1 atom stereocenters. The Balaban J connectivity index is 2.18. The molecule has 1 N–H and O–H groups in total. The third-order valence-electron chi connectivity index (χ3n) is 3.35. The predicted molar refractivity (Wildman–Crippen MR) is 86.4 cm³/mol. The van der Waals surface area contributed by atoms with Crippen LogP contribution in [0.5, 0.6) is 11.5 Å². The summed E-state index contributed by atoms with van der Waals surface area (Å²) in [5.74, 6) is 0.761. The van der Waals surface area contributed by atoms with Gasteiger partial charge in [-0.2, -0.15) is 0 Å². The van der Waals surface area contributed by atoms with Gasteiger partial charge in [-0.15, -0.1) is 0 Å². The van der Waals surface area contributed by atoms with Crippen LogP contribution in [-0.2, 0) is 9.84 Å². The Hall–Kier alpha value is -1.28. The molecule has 1 heterocycles. The van der Waals surface area contributed by atoms with Crippen LogP contribution in [0.1, 0.15) is 23.7 Å². The van der Waals surface area contributed by atoms with Crippen LogP contribution in [0.2, 0.25) is 0 Å². The van der Waals surface area contributed by atoms with Gasteiger partial charge in [-0.1, -0.05) is 0 Å². The maximum Gasteiger partial charge on any atom is 0.251 e. The number of carbonyl (C=O) groups is 1. The second-order valence-electron chi connectivity index (χ2n) is 5.00. The molecule has 0 bridgehead atoms. The number of ether oxygens (including phenoxy) is 2. The quantitative estimate of drug-likeness (QED) is 0.826. The standard InChI is InChI=1S/C14H18BrNO5S/c1-3-21-13-11(15)6-9(7-12(13)20-2)14(17)16-10-4-5-22(18,19)8-10/h6-7,10H,3-5,8H2,1-2H3,(H,16,17)/t10-/m0/s1. The SMILES string of the molecule is CCOc1c(Br)cc(C(=O)N[C@H]2CCS(=O)(=O)C2)cc1OC. The van der Waals surface area contributed by atoms with E-state index in [1.54, 1.807) is 12.1 Å². The molecule has 8 heteroatoms. The molecule has 0 aromatic heterocycles. The van der Waals surface area contributed by atoms with Gasteiger partial charge in [-0.3, -0.25) is 4.79 Å². The minimum absolute atomic E-state index is 0.00588. The van der Waals surface area contributed by atoms with Crippen molar-refractivity contribution in [3.05, 3.63) is 22.2 Å². The van der Waals surface area contributed by atoms with Crippen molar-refractivity contribution in [3.63, 3.8) is 0 Å². The number of methoxy groups -OCH3 is 1. The molecular formula is C14H18BrNO5S. The highest BCUT2D eigenvalue weighted by Crippen LogP contribution is 2.36. The largest absolute Gasteiger partial charge is 0.493 e. The summed E-state index contributed by atoms with van der Waals surface area (Å²) in [5, 5.41) is 2.75. The fourth-order valence-corrected chi connectivity index (χ4v) is 4.54. The van der Waals surface area contributed by atoms with Crippen molar-refractivity contribution in [1.82, 2.24) is 5.32 Å². The summed E-state index contributed by atoms with van der Waals surface area (Å²) < 4.78 is 34.2. The summed E-state index contributed by atoms with van der Waals surface area (Å²) in [4.78, 5) is 12.3. The fourth-order valence-electron chi connectivity index (χ4n) is 2.31. The van der Waals surface area contributed by atoms with Gasteiger partial charge >= 0.3 is 0 Å². The van der Waals surface area contributed by atoms with Crippen molar-refractivity contribution in [2.24, 2.45) is 0 Å². The zero-order chi connectivity index (χ0) is 16.3. The normalized spacial score (nSPS) is 19.7. The molecule has 0 unspecified atom stereocenters. The van der Waals surface area contributed by atoms with Crippen LogP contribution < -0.4 is 14.8 Å². The van der Waals surface area contributed by atoms with Crippen LogP contribution in [0.3, 0.4) is 0 Å². The molecule has 0 aliphatic carbocycles. The molecule has 1 aromatic rings. The van der Waals surface area contributed by atoms with Crippen LogP contribution in [-0.4, -0.2) is 45.6 Å². The molecule has 0 saturated carbocycles. The van der Waals surface area contributed by atoms with Crippen molar-refractivity contribution >= 4 is 31.7 Å². The van der Waals surface area contributed by atoms with E-state index in [9.17, 15) is 13.2 Å². The van der Waals surface area contributed by atoms with Crippen molar-refractivity contribution < 1.29 is 22.7 Å². The van der Waals surface area contributed by atoms with Gasteiger partial charge in [0.15, 0.2) is 21.3 Å². The number of rotatable bonds is 5. The van der Waals surface area contributed by atoms with Crippen LogP contribution in [0, 0.1) is 0 Å². The van der Waals surface area contributed by atoms with Gasteiger partial charge in [0.05, 0.1) is 29.7 Å². The lowest BCUT2D eigenvalue weighted by Crippen LogP contribution is -2.35. The summed E-state index contributed by atoms with van der Waals surface area (Å²) in [6, 6.07) is 2.87. The Morgan fingerprint density at radius 2 is 2.18 bits per heavy atom. The minimum atomic E-state index is -3.03. The Labute approximate surface area is 138 Å². The Kier molecular flexibility index (Phi) is 5.33. The van der Waals surface area contributed by atoms with Gasteiger partial charge in [0, 0.05) is 11.6 Å². The molecular weight excluding hydrogens is 374 g/mol. The number of nitrogens with one attached hydrogen (secondary N) is 1. The monoisotopic (exact) mass is 391 g/mol. The van der Waals surface area contributed by atoms with Crippen molar-refractivity contribution in [2.45, 2.75) is 19.4 Å². The molecule has 1 saturated heterocycles. The lowest BCUT2D eigenvalue weighted by atomic mass is 10.1. The highest BCUT2D eigenvalue weighted by atomic mass is 79.9. The lowest BCUT2D eigenvalue weighted by Gasteiger charge is -2.15. The highest BCUT2D eigenvalue weighted by molar-refractivity contribution is 9.10. The second-order valence-corrected chi connectivity index (χ2v) is 8.08. The number of hydrogen-bond donors (Lipinski definition) is 1. The van der Waals surface area contributed by atoms with Crippen molar-refractivity contribution in [2.75, 3.05) is 25.2 Å². The van der Waals surface area contributed by atoms with E-state index in [1.165, 1.54) is 7.11 Å². The first-order valence-electron chi connectivity index (χ1n) is 6.88. The van der Waals surface area contributed by atoms with E-state index in [1.807, 2.05) is 6.92 Å². The molecule has 1 aromatic carbocycles. The molecule has 122 valence electrons.